The minimum absolute atomic E-state index is 0.111. The highest BCUT2D eigenvalue weighted by atomic mass is 16.3. The van der Waals surface area contributed by atoms with Crippen LogP contribution in [0.3, 0.4) is 0 Å². The molecule has 0 saturated heterocycles. The number of phenolic OH excluding ortho intramolecular Hbond substituents is 2. The number of anilines is 2. The Morgan fingerprint density at radius 3 is 0.909 bits per heavy atom. The van der Waals surface area contributed by atoms with Gasteiger partial charge in [-0.25, -0.2) is 21.7 Å². The van der Waals surface area contributed by atoms with Gasteiger partial charge in [0.05, 0.1) is 11.1 Å². The lowest BCUT2D eigenvalue weighted by Gasteiger charge is -2.19. The van der Waals surface area contributed by atoms with E-state index in [0.717, 1.165) is 62.8 Å². The van der Waals surface area contributed by atoms with Crippen LogP contribution in [0.15, 0.2) is 36.4 Å². The van der Waals surface area contributed by atoms with E-state index in [9.17, 15) is 39.0 Å². The molecule has 14 heteroatoms. The van der Waals surface area contributed by atoms with E-state index in [1.54, 1.807) is 0 Å². The number of unbranched alkanes of at least 4 members (excludes halogenated alkanes) is 28. The van der Waals surface area contributed by atoms with Gasteiger partial charge in [-0.3, -0.25) is 28.8 Å². The molecule has 0 saturated carbocycles. The largest absolute Gasteiger partial charge is 0.507 e. The third-order valence-electron chi connectivity index (χ3n) is 12.1. The number of hydrogen-bond acceptors (Lipinski definition) is 10. The lowest BCUT2D eigenvalue weighted by Crippen LogP contribution is -2.54. The van der Waals surface area contributed by atoms with E-state index in [0.29, 0.717) is 12.8 Å². The summed E-state index contributed by atoms with van der Waals surface area (Å²) < 4.78 is 0. The molecule has 0 atom stereocenters. The van der Waals surface area contributed by atoms with Gasteiger partial charge in [-0.05, 0) is 49.2 Å². The summed E-state index contributed by atoms with van der Waals surface area (Å²) in [6.07, 6.45) is 36.7. The third-order valence-corrected chi connectivity index (χ3v) is 12.1. The first-order valence-electron chi connectivity index (χ1n) is 25.4. The molecule has 0 aromatic heterocycles. The Kier molecular flexibility index (Phi) is 30.7. The van der Waals surface area contributed by atoms with Gasteiger partial charge in [0.15, 0.2) is 0 Å². The zero-order chi connectivity index (χ0) is 48.4. The number of phenols is 2. The van der Waals surface area contributed by atoms with Crippen LogP contribution in [0.4, 0.5) is 11.4 Å². The topological polar surface area (TPSA) is 225 Å². The number of amides is 6. The Hall–Kier alpha value is -4.82. The highest BCUT2D eigenvalue weighted by Crippen LogP contribution is 2.25. The van der Waals surface area contributed by atoms with Crippen molar-refractivity contribution >= 4 is 46.8 Å². The molecule has 0 aliphatic carbocycles. The molecule has 0 heterocycles. The average molecular weight is 921 g/mol. The number of nitrogens with one attached hydrogen (secondary N) is 2. The Balaban J connectivity index is 1.74. The fraction of sp³-hybridized carbons (Fsp3) is 0.654. The minimum atomic E-state index is -1.72. The lowest BCUT2D eigenvalue weighted by molar-refractivity contribution is -0.149. The summed E-state index contributed by atoms with van der Waals surface area (Å²) in [4.78, 5) is 77.7. The Labute approximate surface area is 395 Å². The maximum absolute atomic E-state index is 13.2. The molecule has 0 fully saturated rings. The molecule has 0 spiro atoms. The number of rotatable bonds is 36. The monoisotopic (exact) mass is 921 g/mol. The highest BCUT2D eigenvalue weighted by Gasteiger charge is 2.34. The summed E-state index contributed by atoms with van der Waals surface area (Å²) in [5.74, 6) is 3.60. The second-order valence-corrected chi connectivity index (χ2v) is 17.9. The van der Waals surface area contributed by atoms with Crippen molar-refractivity contribution in [2.45, 2.75) is 219 Å². The Morgan fingerprint density at radius 2 is 0.652 bits per heavy atom. The van der Waals surface area contributed by atoms with Gasteiger partial charge < -0.3 is 20.8 Å². The second kappa shape index (κ2) is 35.4. The van der Waals surface area contributed by atoms with Crippen molar-refractivity contribution in [3.8, 4) is 11.5 Å². The van der Waals surface area contributed by atoms with Crippen molar-refractivity contribution in [3.63, 3.8) is 0 Å². The van der Waals surface area contributed by atoms with Gasteiger partial charge in [0.2, 0.25) is 11.8 Å². The van der Waals surface area contributed by atoms with E-state index in [1.165, 1.54) is 153 Å². The van der Waals surface area contributed by atoms with Crippen LogP contribution in [0, 0.1) is 0 Å². The summed E-state index contributed by atoms with van der Waals surface area (Å²) >= 11 is 0. The van der Waals surface area contributed by atoms with E-state index in [4.69, 9.17) is 11.7 Å². The maximum Gasteiger partial charge on any atom is 0.335 e. The Bertz CT molecular complexity index is 1630. The molecule has 14 nitrogen and oxygen atoms in total. The zero-order valence-electron chi connectivity index (χ0n) is 40.5. The van der Waals surface area contributed by atoms with Crippen LogP contribution in [0.5, 0.6) is 11.5 Å². The number of nitrogens with two attached hydrogens (primary N) is 2. The zero-order valence-corrected chi connectivity index (χ0v) is 40.5. The van der Waals surface area contributed by atoms with Gasteiger partial charge in [-0.2, -0.15) is 0 Å². The van der Waals surface area contributed by atoms with Crippen LogP contribution in [-0.4, -0.2) is 55.7 Å². The summed E-state index contributed by atoms with van der Waals surface area (Å²) in [6.45, 7) is 4.48. The predicted molar refractivity (Wildman–Crippen MR) is 263 cm³/mol. The fourth-order valence-corrected chi connectivity index (χ4v) is 7.98. The van der Waals surface area contributed by atoms with E-state index in [2.05, 4.69) is 24.5 Å². The summed E-state index contributed by atoms with van der Waals surface area (Å²) in [6, 6.07) is 7.23. The fourth-order valence-electron chi connectivity index (χ4n) is 7.98. The second-order valence-electron chi connectivity index (χ2n) is 17.9. The number of imide groups is 2. The number of hydrazine groups is 2. The van der Waals surface area contributed by atoms with E-state index >= 15 is 0 Å². The molecular formula is C52H84N6O8. The number of hydrogen-bond donors (Lipinski definition) is 6. The molecule has 6 amide bonds. The first-order chi connectivity index (χ1) is 31.9. The van der Waals surface area contributed by atoms with Crippen molar-refractivity contribution in [1.82, 2.24) is 10.0 Å². The van der Waals surface area contributed by atoms with Gasteiger partial charge in [-0.1, -0.05) is 194 Å². The van der Waals surface area contributed by atoms with Crippen molar-refractivity contribution in [1.29, 1.82) is 0 Å². The molecule has 0 unspecified atom stereocenters. The van der Waals surface area contributed by atoms with Gasteiger partial charge >= 0.3 is 11.8 Å². The molecule has 8 N–H and O–H groups in total. The van der Waals surface area contributed by atoms with Crippen LogP contribution in [0.1, 0.15) is 240 Å². The summed E-state index contributed by atoms with van der Waals surface area (Å²) in [7, 11) is 0. The van der Waals surface area contributed by atoms with Crippen LogP contribution in [0.25, 0.3) is 0 Å². The quantitative estimate of drug-likeness (QED) is 0.00946. The normalized spacial score (nSPS) is 11.0. The smallest absolute Gasteiger partial charge is 0.335 e. The lowest BCUT2D eigenvalue weighted by atomic mass is 10.0. The van der Waals surface area contributed by atoms with Crippen molar-refractivity contribution in [3.05, 3.63) is 47.5 Å². The van der Waals surface area contributed by atoms with Gasteiger partial charge in [0, 0.05) is 24.2 Å². The SMILES string of the molecule is CCCCCCCCCCCCCCCCCC(=O)Nc1ccc(O)c(C(=O)N(N)C(=O)C(=O)N(N)C(=O)c2cc(NC(=O)CCCCCCCCCCCCCCCCC)ccc2O)c1. The molecule has 2 aromatic rings. The third kappa shape index (κ3) is 24.1. The number of carbonyl (C=O) groups excluding carboxylic acids is 6. The Morgan fingerprint density at radius 1 is 0.409 bits per heavy atom. The molecule has 0 radical (unpaired) electrons. The highest BCUT2D eigenvalue weighted by molar-refractivity contribution is 6.40. The summed E-state index contributed by atoms with van der Waals surface area (Å²) in [5, 5.41) is 26.0. The standard InChI is InChI=1S/C52H84N6O8/c1-3-5-7-9-11-13-15-17-19-21-23-25-27-29-31-33-47(61)55-41-35-37-45(59)43(39-41)49(63)57(53)51(65)52(66)58(54)50(64)44-40-42(36-38-46(44)60)56-48(62)34-32-30-28-26-24-22-20-18-16-14-12-10-8-6-4-2/h35-40,59-60H,3-34,53-54H2,1-2H3,(H,55,61)(H,56,62). The van der Waals surface area contributed by atoms with Crippen LogP contribution >= 0.6 is 0 Å². The van der Waals surface area contributed by atoms with Gasteiger partial charge in [0.25, 0.3) is 11.8 Å². The summed E-state index contributed by atoms with van der Waals surface area (Å²) in [5.41, 5.74) is -0.683. The van der Waals surface area contributed by atoms with Crippen LogP contribution < -0.4 is 22.3 Å². The molecule has 0 aliphatic heterocycles. The number of carbonyl (C=O) groups is 6. The van der Waals surface area contributed by atoms with Crippen LogP contribution in [0.2, 0.25) is 0 Å². The van der Waals surface area contributed by atoms with Crippen molar-refractivity contribution in [2.24, 2.45) is 11.7 Å². The van der Waals surface area contributed by atoms with E-state index < -0.39 is 46.3 Å². The minimum Gasteiger partial charge on any atom is -0.507 e. The molecule has 66 heavy (non-hydrogen) atoms. The molecular weight excluding hydrogens is 837 g/mol. The average Bonchev–Trinajstić information content (AvgIpc) is 3.31. The first-order valence-corrected chi connectivity index (χ1v) is 25.4. The van der Waals surface area contributed by atoms with E-state index in [1.807, 2.05) is 0 Å². The molecule has 0 bridgehead atoms. The molecule has 2 aromatic carbocycles. The molecule has 370 valence electrons. The number of benzene rings is 2. The van der Waals surface area contributed by atoms with Crippen molar-refractivity contribution in [2.75, 3.05) is 10.6 Å². The first kappa shape index (κ1) is 57.3. The van der Waals surface area contributed by atoms with Crippen molar-refractivity contribution < 1.29 is 39.0 Å². The maximum atomic E-state index is 13.2. The number of aromatic hydroxyl groups is 2. The van der Waals surface area contributed by atoms with Crippen LogP contribution in [-0.2, 0) is 19.2 Å². The van der Waals surface area contributed by atoms with E-state index in [-0.39, 0.29) is 46.0 Å². The number of nitrogens with zero attached hydrogens (tertiary/aromatic N) is 2. The predicted octanol–water partition coefficient (Wildman–Crippen LogP) is 11.9. The van der Waals surface area contributed by atoms with Gasteiger partial charge in [-0.15, -0.1) is 0 Å². The molecule has 2 rings (SSSR count). The van der Waals surface area contributed by atoms with Gasteiger partial charge in [0.1, 0.15) is 11.5 Å². The molecule has 0 aliphatic rings.